The molecule has 0 unspecified atom stereocenters. The molecule has 0 spiro atoms. The summed E-state index contributed by atoms with van der Waals surface area (Å²) < 4.78 is 6.09. The van der Waals surface area contributed by atoms with Crippen molar-refractivity contribution in [3.8, 4) is 5.75 Å². The molecule has 2 aromatic carbocycles. The smallest absolute Gasteiger partial charge is 0.307 e. The fraction of sp³-hybridized carbons (Fsp3) is 0.318. The first kappa shape index (κ1) is 16.9. The average molecular weight is 349 g/mol. The average Bonchev–Trinajstić information content (AvgIpc) is 2.79. The van der Waals surface area contributed by atoms with E-state index in [2.05, 4.69) is 30.1 Å². The maximum atomic E-state index is 11.2. The van der Waals surface area contributed by atoms with E-state index in [-0.39, 0.29) is 6.42 Å². The lowest BCUT2D eigenvalue weighted by Gasteiger charge is -2.27. The van der Waals surface area contributed by atoms with Gasteiger partial charge in [-0.25, -0.2) is 0 Å². The number of aliphatic carboxylic acids is 1. The molecule has 0 bridgehead atoms. The standard InChI is InChI=1S/C22H23NO3/c1-23-10-8-16(9-11-23)22-18-5-3-2-4-17(18)14-26-20-7-6-15(12-19(20)22)13-21(24)25/h2-7,12H,8-11,13-14H2,1H3,(H,24,25). The molecule has 1 saturated heterocycles. The van der Waals surface area contributed by atoms with E-state index in [0.717, 1.165) is 42.8 Å². The summed E-state index contributed by atoms with van der Waals surface area (Å²) >= 11 is 0. The topological polar surface area (TPSA) is 49.8 Å². The first-order chi connectivity index (χ1) is 12.6. The summed E-state index contributed by atoms with van der Waals surface area (Å²) in [6, 6.07) is 14.2. The molecule has 0 saturated carbocycles. The molecule has 1 fully saturated rings. The van der Waals surface area contributed by atoms with Gasteiger partial charge in [0.25, 0.3) is 0 Å². The van der Waals surface area contributed by atoms with Crippen LogP contribution in [-0.2, 0) is 17.8 Å². The van der Waals surface area contributed by atoms with Crippen LogP contribution in [0.3, 0.4) is 0 Å². The van der Waals surface area contributed by atoms with E-state index in [1.165, 1.54) is 22.3 Å². The highest BCUT2D eigenvalue weighted by molar-refractivity contribution is 5.87. The number of rotatable bonds is 2. The number of hydrogen-bond acceptors (Lipinski definition) is 3. The monoisotopic (exact) mass is 349 g/mol. The highest BCUT2D eigenvalue weighted by Gasteiger charge is 2.24. The third-order valence-electron chi connectivity index (χ3n) is 5.28. The molecule has 2 aliphatic heterocycles. The minimum absolute atomic E-state index is 0.0281. The zero-order chi connectivity index (χ0) is 18.1. The molecule has 0 aromatic heterocycles. The van der Waals surface area contributed by atoms with Gasteiger partial charge in [-0.15, -0.1) is 0 Å². The molecule has 0 aliphatic carbocycles. The van der Waals surface area contributed by atoms with Crippen molar-refractivity contribution in [3.05, 3.63) is 70.3 Å². The largest absolute Gasteiger partial charge is 0.488 e. The number of benzene rings is 2. The van der Waals surface area contributed by atoms with Crippen LogP contribution in [0.2, 0.25) is 0 Å². The van der Waals surface area contributed by atoms with Gasteiger partial charge in [-0.3, -0.25) is 4.79 Å². The Morgan fingerprint density at radius 2 is 1.88 bits per heavy atom. The number of hydrogen-bond donors (Lipinski definition) is 1. The number of nitrogens with zero attached hydrogens (tertiary/aromatic N) is 1. The Balaban J connectivity index is 1.90. The van der Waals surface area contributed by atoms with E-state index in [9.17, 15) is 9.90 Å². The van der Waals surface area contributed by atoms with Crippen LogP contribution in [0.25, 0.3) is 5.57 Å². The lowest BCUT2D eigenvalue weighted by molar-refractivity contribution is -0.136. The van der Waals surface area contributed by atoms with Gasteiger partial charge < -0.3 is 14.7 Å². The lowest BCUT2D eigenvalue weighted by atomic mass is 9.86. The molecule has 4 nitrogen and oxygen atoms in total. The maximum Gasteiger partial charge on any atom is 0.307 e. The van der Waals surface area contributed by atoms with Crippen molar-refractivity contribution in [1.29, 1.82) is 0 Å². The number of fused-ring (bicyclic) bond motifs is 2. The second-order valence-corrected chi connectivity index (χ2v) is 7.13. The lowest BCUT2D eigenvalue weighted by Crippen LogP contribution is -2.27. The molecular weight excluding hydrogens is 326 g/mol. The van der Waals surface area contributed by atoms with Gasteiger partial charge in [0.1, 0.15) is 12.4 Å². The van der Waals surface area contributed by atoms with E-state index in [1.807, 2.05) is 24.3 Å². The zero-order valence-corrected chi connectivity index (χ0v) is 15.0. The molecule has 0 atom stereocenters. The molecule has 2 aliphatic rings. The third kappa shape index (κ3) is 3.25. The van der Waals surface area contributed by atoms with Gasteiger partial charge in [-0.2, -0.15) is 0 Å². The SMILES string of the molecule is CN1CCC(=C2c3ccccc3COc3ccc(CC(=O)O)cc32)CC1. The van der Waals surface area contributed by atoms with Crippen LogP contribution in [0, 0.1) is 0 Å². The van der Waals surface area contributed by atoms with Crippen molar-refractivity contribution in [3.63, 3.8) is 0 Å². The van der Waals surface area contributed by atoms with Crippen molar-refractivity contribution in [2.75, 3.05) is 20.1 Å². The molecule has 134 valence electrons. The number of ether oxygens (including phenoxy) is 1. The van der Waals surface area contributed by atoms with E-state index < -0.39 is 5.97 Å². The second-order valence-electron chi connectivity index (χ2n) is 7.13. The van der Waals surface area contributed by atoms with E-state index in [1.54, 1.807) is 0 Å². The summed E-state index contributed by atoms with van der Waals surface area (Å²) in [6.07, 6.45) is 2.09. The van der Waals surface area contributed by atoms with Crippen molar-refractivity contribution in [2.45, 2.75) is 25.9 Å². The van der Waals surface area contributed by atoms with Gasteiger partial charge in [0.2, 0.25) is 0 Å². The minimum atomic E-state index is -0.812. The number of likely N-dealkylation sites (tertiary alicyclic amines) is 1. The van der Waals surface area contributed by atoms with Crippen LogP contribution in [0.1, 0.15) is 35.1 Å². The third-order valence-corrected chi connectivity index (χ3v) is 5.28. The molecule has 0 amide bonds. The predicted molar refractivity (Wildman–Crippen MR) is 101 cm³/mol. The summed E-state index contributed by atoms with van der Waals surface area (Å²) in [5.74, 6) is 0.0325. The Morgan fingerprint density at radius 1 is 1.12 bits per heavy atom. The Kier molecular flexibility index (Phi) is 4.51. The second kappa shape index (κ2) is 6.96. The molecule has 26 heavy (non-hydrogen) atoms. The summed E-state index contributed by atoms with van der Waals surface area (Å²) in [6.45, 7) is 2.64. The highest BCUT2D eigenvalue weighted by Crippen LogP contribution is 2.41. The molecule has 0 radical (unpaired) electrons. The molecule has 4 heteroatoms. The van der Waals surface area contributed by atoms with Crippen LogP contribution < -0.4 is 4.74 Å². The van der Waals surface area contributed by atoms with E-state index in [4.69, 9.17) is 4.74 Å². The molecule has 2 aromatic rings. The van der Waals surface area contributed by atoms with Gasteiger partial charge in [0.05, 0.1) is 6.42 Å². The summed E-state index contributed by atoms with van der Waals surface area (Å²) in [4.78, 5) is 13.5. The quantitative estimate of drug-likeness (QED) is 0.897. The van der Waals surface area contributed by atoms with Crippen molar-refractivity contribution in [2.24, 2.45) is 0 Å². The minimum Gasteiger partial charge on any atom is -0.488 e. The molecule has 2 heterocycles. The number of carbonyl (C=O) groups is 1. The molecule has 1 N–H and O–H groups in total. The number of carboxylic acids is 1. The summed E-state index contributed by atoms with van der Waals surface area (Å²) in [7, 11) is 2.16. The summed E-state index contributed by atoms with van der Waals surface area (Å²) in [5, 5.41) is 9.18. The predicted octanol–water partition coefficient (Wildman–Crippen LogP) is 3.73. The van der Waals surface area contributed by atoms with Gasteiger partial charge >= 0.3 is 5.97 Å². The Labute approximate surface area is 153 Å². The first-order valence-electron chi connectivity index (χ1n) is 9.08. The van der Waals surface area contributed by atoms with E-state index in [0.29, 0.717) is 6.61 Å². The Hall–Kier alpha value is -2.59. The maximum absolute atomic E-state index is 11.2. The van der Waals surface area contributed by atoms with Gasteiger partial charge in [-0.1, -0.05) is 35.9 Å². The highest BCUT2D eigenvalue weighted by atomic mass is 16.5. The Bertz CT molecular complexity index is 875. The van der Waals surface area contributed by atoms with Crippen molar-refractivity contribution < 1.29 is 14.6 Å². The summed E-state index contributed by atoms with van der Waals surface area (Å²) in [5.41, 5.74) is 6.94. The van der Waals surface area contributed by atoms with Crippen LogP contribution in [0.4, 0.5) is 0 Å². The molecule has 4 rings (SSSR count). The van der Waals surface area contributed by atoms with Crippen LogP contribution in [-0.4, -0.2) is 36.1 Å². The fourth-order valence-corrected chi connectivity index (χ4v) is 3.89. The van der Waals surface area contributed by atoms with Crippen molar-refractivity contribution in [1.82, 2.24) is 4.90 Å². The van der Waals surface area contributed by atoms with Crippen LogP contribution >= 0.6 is 0 Å². The zero-order valence-electron chi connectivity index (χ0n) is 15.0. The number of piperidine rings is 1. The fourth-order valence-electron chi connectivity index (χ4n) is 3.89. The van der Waals surface area contributed by atoms with Crippen molar-refractivity contribution >= 4 is 11.5 Å². The first-order valence-corrected chi connectivity index (χ1v) is 9.08. The van der Waals surface area contributed by atoms with Gasteiger partial charge in [0, 0.05) is 18.7 Å². The Morgan fingerprint density at radius 3 is 2.65 bits per heavy atom. The normalized spacial score (nSPS) is 17.1. The van der Waals surface area contributed by atoms with Crippen LogP contribution in [0.15, 0.2) is 48.0 Å². The van der Waals surface area contributed by atoms with E-state index >= 15 is 0 Å². The molecular formula is C22H23NO3. The van der Waals surface area contributed by atoms with Gasteiger partial charge in [-0.05, 0) is 54.3 Å². The van der Waals surface area contributed by atoms with Gasteiger partial charge in [0.15, 0.2) is 0 Å². The number of carboxylic acid groups (broad SMARTS) is 1. The van der Waals surface area contributed by atoms with Crippen LogP contribution in [0.5, 0.6) is 5.75 Å².